The number of hydrogen-bond donors (Lipinski definition) is 4. The summed E-state index contributed by atoms with van der Waals surface area (Å²) in [6.45, 7) is -0.202. The lowest BCUT2D eigenvalue weighted by Crippen LogP contribution is -2.43. The fourth-order valence-corrected chi connectivity index (χ4v) is 4.04. The molecule has 208 valence electrons. The molecule has 39 heavy (non-hydrogen) atoms. The molecule has 4 N–H and O–H groups in total. The van der Waals surface area contributed by atoms with Gasteiger partial charge in [-0.15, -0.1) is 0 Å². The third-order valence-electron chi connectivity index (χ3n) is 6.11. The molecule has 3 amide bonds. The fraction of sp³-hybridized carbons (Fsp3) is 0.379. The summed E-state index contributed by atoms with van der Waals surface area (Å²) in [5.41, 5.74) is 1.79. The van der Waals surface area contributed by atoms with Gasteiger partial charge in [0.1, 0.15) is 19.3 Å². The second-order valence-electron chi connectivity index (χ2n) is 9.20. The molecule has 2 aromatic carbocycles. The van der Waals surface area contributed by atoms with Crippen LogP contribution in [0, 0.1) is 5.92 Å². The standard InChI is InChI=1S/C29H35N3O7/c33-19-24(17-21-9-3-1-4-10-21)31-26(34)18-23-13-7-8-14-25(28(36)38-16-15-30-27(23)35)32-29(37)39-20-22-11-5-2-6-12-22/h1-12,23-25,33H,13-20H2,(H,30,35)(H,31,34)(H,32,37)/t23-,24+,25-/m1/s1. The molecule has 0 radical (unpaired) electrons. The van der Waals surface area contributed by atoms with E-state index in [1.165, 1.54) is 0 Å². The Kier molecular flexibility index (Phi) is 12.0. The molecule has 0 saturated heterocycles. The van der Waals surface area contributed by atoms with E-state index >= 15 is 0 Å². The van der Waals surface area contributed by atoms with E-state index in [4.69, 9.17) is 9.47 Å². The first-order chi connectivity index (χ1) is 18.9. The van der Waals surface area contributed by atoms with Crippen LogP contribution in [0.25, 0.3) is 0 Å². The van der Waals surface area contributed by atoms with Crippen LogP contribution in [0.15, 0.2) is 72.8 Å². The summed E-state index contributed by atoms with van der Waals surface area (Å²) < 4.78 is 10.4. The van der Waals surface area contributed by atoms with E-state index in [9.17, 15) is 24.3 Å². The van der Waals surface area contributed by atoms with Crippen LogP contribution in [0.2, 0.25) is 0 Å². The lowest BCUT2D eigenvalue weighted by atomic mass is 9.98. The van der Waals surface area contributed by atoms with Crippen molar-refractivity contribution < 1.29 is 33.8 Å². The fourth-order valence-electron chi connectivity index (χ4n) is 4.04. The molecule has 0 unspecified atom stereocenters. The number of carbonyl (C=O) groups is 4. The number of nitrogens with one attached hydrogen (secondary N) is 3. The number of cyclic esters (lactones) is 1. The van der Waals surface area contributed by atoms with Gasteiger partial charge in [-0.05, 0) is 30.4 Å². The minimum absolute atomic E-state index is 0.0581. The Morgan fingerprint density at radius 2 is 1.67 bits per heavy atom. The lowest BCUT2D eigenvalue weighted by Gasteiger charge is -2.20. The minimum atomic E-state index is -0.968. The predicted octanol–water partition coefficient (Wildman–Crippen LogP) is 2.02. The summed E-state index contributed by atoms with van der Waals surface area (Å²) >= 11 is 0. The van der Waals surface area contributed by atoms with Crippen LogP contribution in [0.3, 0.4) is 0 Å². The van der Waals surface area contributed by atoms with E-state index in [1.54, 1.807) is 12.2 Å². The number of esters is 1. The number of rotatable bonds is 9. The maximum Gasteiger partial charge on any atom is 0.408 e. The summed E-state index contributed by atoms with van der Waals surface area (Å²) in [6.07, 6.45) is 3.38. The monoisotopic (exact) mass is 537 g/mol. The van der Waals surface area contributed by atoms with Gasteiger partial charge in [0.2, 0.25) is 11.8 Å². The molecule has 0 aromatic heterocycles. The SMILES string of the molecule is O=C(C[C@H]1CC=CC[C@@H](NC(=O)OCc2ccccc2)C(=O)OCCNC1=O)N[C@H](CO)Cc1ccccc1. The molecule has 0 saturated carbocycles. The molecule has 1 aliphatic rings. The topological polar surface area (TPSA) is 143 Å². The minimum Gasteiger partial charge on any atom is -0.462 e. The molecule has 1 heterocycles. The van der Waals surface area contributed by atoms with Gasteiger partial charge in [0, 0.05) is 6.42 Å². The number of benzene rings is 2. The van der Waals surface area contributed by atoms with Crippen molar-refractivity contribution in [1.29, 1.82) is 0 Å². The van der Waals surface area contributed by atoms with E-state index in [0.717, 1.165) is 11.1 Å². The number of ether oxygens (including phenoxy) is 2. The Bertz CT molecular complexity index is 1110. The van der Waals surface area contributed by atoms with Crippen molar-refractivity contribution in [1.82, 2.24) is 16.0 Å². The Labute approximate surface area is 227 Å². The van der Waals surface area contributed by atoms with Crippen LogP contribution in [-0.2, 0) is 36.9 Å². The van der Waals surface area contributed by atoms with E-state index in [1.807, 2.05) is 60.7 Å². The van der Waals surface area contributed by atoms with Crippen LogP contribution in [0.4, 0.5) is 4.79 Å². The number of allylic oxidation sites excluding steroid dienone is 1. The summed E-state index contributed by atoms with van der Waals surface area (Å²) in [7, 11) is 0. The molecule has 0 bridgehead atoms. The molecular formula is C29H35N3O7. The van der Waals surface area contributed by atoms with Crippen LogP contribution < -0.4 is 16.0 Å². The zero-order valence-corrected chi connectivity index (χ0v) is 21.7. The Morgan fingerprint density at radius 3 is 2.36 bits per heavy atom. The molecular weight excluding hydrogens is 502 g/mol. The molecule has 0 aliphatic carbocycles. The maximum absolute atomic E-state index is 12.7. The highest BCUT2D eigenvalue weighted by atomic mass is 16.6. The summed E-state index contributed by atoms with van der Waals surface area (Å²) in [6, 6.07) is 17.2. The van der Waals surface area contributed by atoms with Crippen LogP contribution >= 0.6 is 0 Å². The second kappa shape index (κ2) is 15.9. The highest BCUT2D eigenvalue weighted by molar-refractivity contribution is 5.86. The summed E-state index contributed by atoms with van der Waals surface area (Å²) in [4.78, 5) is 50.2. The molecule has 10 heteroatoms. The van der Waals surface area contributed by atoms with Crippen LogP contribution in [0.5, 0.6) is 0 Å². The normalized spacial score (nSPS) is 18.9. The number of aliphatic hydroxyl groups excluding tert-OH is 1. The molecule has 1 aliphatic heterocycles. The highest BCUT2D eigenvalue weighted by Gasteiger charge is 2.25. The zero-order chi connectivity index (χ0) is 27.9. The highest BCUT2D eigenvalue weighted by Crippen LogP contribution is 2.13. The van der Waals surface area contributed by atoms with Gasteiger partial charge in [-0.2, -0.15) is 0 Å². The maximum atomic E-state index is 12.7. The second-order valence-corrected chi connectivity index (χ2v) is 9.20. The first-order valence-electron chi connectivity index (χ1n) is 12.9. The van der Waals surface area contributed by atoms with E-state index < -0.39 is 30.1 Å². The number of aliphatic hydroxyl groups is 1. The van der Waals surface area contributed by atoms with Gasteiger partial charge in [-0.25, -0.2) is 9.59 Å². The Balaban J connectivity index is 1.54. The molecule has 2 aromatic rings. The van der Waals surface area contributed by atoms with Crippen molar-refractivity contribution >= 4 is 23.9 Å². The first kappa shape index (κ1) is 29.4. The van der Waals surface area contributed by atoms with E-state index in [-0.39, 0.29) is 57.4 Å². The lowest BCUT2D eigenvalue weighted by molar-refractivity contribution is -0.146. The van der Waals surface area contributed by atoms with Crippen LogP contribution in [0.1, 0.15) is 30.4 Å². The van der Waals surface area contributed by atoms with Crippen molar-refractivity contribution in [3.63, 3.8) is 0 Å². The summed E-state index contributed by atoms with van der Waals surface area (Å²) in [5.74, 6) is -1.99. The number of alkyl carbamates (subject to hydrolysis) is 1. The third kappa shape index (κ3) is 10.6. The van der Waals surface area contributed by atoms with Gasteiger partial charge in [0.15, 0.2) is 0 Å². The van der Waals surface area contributed by atoms with Crippen molar-refractivity contribution in [3.8, 4) is 0 Å². The quantitative estimate of drug-likeness (QED) is 0.283. The van der Waals surface area contributed by atoms with Crippen molar-refractivity contribution in [3.05, 3.63) is 83.9 Å². The Morgan fingerprint density at radius 1 is 1.00 bits per heavy atom. The Hall–Kier alpha value is -4.18. The molecule has 3 rings (SSSR count). The number of carbonyl (C=O) groups excluding carboxylic acids is 4. The number of hydrogen-bond acceptors (Lipinski definition) is 7. The third-order valence-corrected chi connectivity index (χ3v) is 6.11. The van der Waals surface area contributed by atoms with Gasteiger partial charge < -0.3 is 30.5 Å². The van der Waals surface area contributed by atoms with E-state index in [0.29, 0.717) is 6.42 Å². The van der Waals surface area contributed by atoms with Gasteiger partial charge in [0.05, 0.1) is 25.1 Å². The first-order valence-corrected chi connectivity index (χ1v) is 12.9. The van der Waals surface area contributed by atoms with E-state index in [2.05, 4.69) is 16.0 Å². The predicted molar refractivity (Wildman–Crippen MR) is 143 cm³/mol. The molecule has 0 spiro atoms. The zero-order valence-electron chi connectivity index (χ0n) is 21.7. The average Bonchev–Trinajstić information content (AvgIpc) is 2.95. The molecule has 0 fully saturated rings. The molecule has 10 nitrogen and oxygen atoms in total. The van der Waals surface area contributed by atoms with Crippen LogP contribution in [-0.4, -0.2) is 60.8 Å². The summed E-state index contributed by atoms with van der Waals surface area (Å²) in [5, 5.41) is 17.7. The number of amides is 3. The molecule has 3 atom stereocenters. The van der Waals surface area contributed by atoms with Gasteiger partial charge in [-0.3, -0.25) is 9.59 Å². The largest absolute Gasteiger partial charge is 0.462 e. The average molecular weight is 538 g/mol. The van der Waals surface area contributed by atoms with Gasteiger partial charge >= 0.3 is 12.1 Å². The van der Waals surface area contributed by atoms with Crippen molar-refractivity contribution in [2.45, 2.75) is 44.4 Å². The van der Waals surface area contributed by atoms with Gasteiger partial charge in [0.25, 0.3) is 0 Å². The van der Waals surface area contributed by atoms with Gasteiger partial charge in [-0.1, -0.05) is 72.8 Å². The smallest absolute Gasteiger partial charge is 0.408 e. The van der Waals surface area contributed by atoms with Crippen molar-refractivity contribution in [2.24, 2.45) is 5.92 Å². The van der Waals surface area contributed by atoms with Crippen molar-refractivity contribution in [2.75, 3.05) is 19.8 Å².